The third kappa shape index (κ3) is 3.92. The average Bonchev–Trinajstić information content (AvgIpc) is 2.62. The fourth-order valence-electron chi connectivity index (χ4n) is 1.18. The second kappa shape index (κ2) is 5.53. The molecule has 1 aromatic heterocycles. The molecule has 16 heavy (non-hydrogen) atoms. The molecule has 90 valence electrons. The van der Waals surface area contributed by atoms with Crippen molar-refractivity contribution in [3.8, 4) is 0 Å². The van der Waals surface area contributed by atoms with Gasteiger partial charge in [-0.2, -0.15) is 0 Å². The van der Waals surface area contributed by atoms with Crippen LogP contribution in [0, 0.1) is 12.8 Å². The number of hydrogen-bond acceptors (Lipinski definition) is 3. The zero-order chi connectivity index (χ0) is 12.1. The molecule has 0 aromatic carbocycles. The van der Waals surface area contributed by atoms with Gasteiger partial charge < -0.3 is 15.5 Å². The van der Waals surface area contributed by atoms with Gasteiger partial charge in [0.1, 0.15) is 11.8 Å². The lowest BCUT2D eigenvalue weighted by Gasteiger charge is -2.11. The SMILES string of the molecule is Cc1cnc(C(C)NC(N)=NCC(C)C)o1. The van der Waals surface area contributed by atoms with E-state index in [2.05, 4.69) is 29.1 Å². The highest BCUT2D eigenvalue weighted by molar-refractivity contribution is 5.78. The molecule has 1 rings (SSSR count). The van der Waals surface area contributed by atoms with E-state index in [9.17, 15) is 0 Å². The minimum Gasteiger partial charge on any atom is -0.444 e. The molecule has 0 fully saturated rings. The van der Waals surface area contributed by atoms with Crippen LogP contribution in [-0.4, -0.2) is 17.5 Å². The van der Waals surface area contributed by atoms with Gasteiger partial charge in [-0.05, 0) is 19.8 Å². The Balaban J connectivity index is 2.51. The first kappa shape index (κ1) is 12.5. The van der Waals surface area contributed by atoms with Crippen LogP contribution in [0.25, 0.3) is 0 Å². The number of aryl methyl sites for hydroxylation is 1. The maximum atomic E-state index is 5.74. The zero-order valence-corrected chi connectivity index (χ0v) is 10.3. The summed E-state index contributed by atoms with van der Waals surface area (Å²) in [5.41, 5.74) is 5.74. The maximum Gasteiger partial charge on any atom is 0.216 e. The molecule has 0 bridgehead atoms. The first-order chi connectivity index (χ1) is 7.49. The number of nitrogens with one attached hydrogen (secondary N) is 1. The van der Waals surface area contributed by atoms with E-state index in [0.29, 0.717) is 17.8 Å². The Morgan fingerprint density at radius 1 is 1.56 bits per heavy atom. The van der Waals surface area contributed by atoms with Gasteiger partial charge in [0.05, 0.1) is 6.20 Å². The summed E-state index contributed by atoms with van der Waals surface area (Å²) in [5.74, 6) is 2.35. The van der Waals surface area contributed by atoms with Crippen molar-refractivity contribution in [2.75, 3.05) is 6.54 Å². The standard InChI is InChI=1S/C11H20N4O/c1-7(2)5-14-11(12)15-9(4)10-13-6-8(3)16-10/h6-7,9H,5H2,1-4H3,(H3,12,14,15). The summed E-state index contributed by atoms with van der Waals surface area (Å²) in [6, 6.07) is -0.0652. The topological polar surface area (TPSA) is 76.4 Å². The maximum absolute atomic E-state index is 5.74. The third-order valence-corrected chi connectivity index (χ3v) is 2.00. The van der Waals surface area contributed by atoms with Crippen LogP contribution in [0.4, 0.5) is 0 Å². The molecule has 0 aliphatic heterocycles. The molecule has 1 aromatic rings. The highest BCUT2D eigenvalue weighted by Crippen LogP contribution is 2.11. The van der Waals surface area contributed by atoms with Crippen molar-refractivity contribution in [1.82, 2.24) is 10.3 Å². The summed E-state index contributed by atoms with van der Waals surface area (Å²) in [6.07, 6.45) is 1.69. The Bertz CT molecular complexity index is 357. The van der Waals surface area contributed by atoms with Gasteiger partial charge in [0, 0.05) is 6.54 Å². The number of aliphatic imine (C=N–C) groups is 1. The molecule has 1 atom stereocenters. The van der Waals surface area contributed by atoms with Crippen LogP contribution in [-0.2, 0) is 0 Å². The van der Waals surface area contributed by atoms with E-state index in [4.69, 9.17) is 10.2 Å². The molecule has 5 heteroatoms. The summed E-state index contributed by atoms with van der Waals surface area (Å²) in [7, 11) is 0. The van der Waals surface area contributed by atoms with Gasteiger partial charge >= 0.3 is 0 Å². The van der Waals surface area contributed by atoms with Gasteiger partial charge in [0.2, 0.25) is 5.89 Å². The lowest BCUT2D eigenvalue weighted by Crippen LogP contribution is -2.34. The Kier molecular flexibility index (Phi) is 4.34. The largest absolute Gasteiger partial charge is 0.444 e. The van der Waals surface area contributed by atoms with Gasteiger partial charge in [-0.3, -0.25) is 4.99 Å². The highest BCUT2D eigenvalue weighted by Gasteiger charge is 2.11. The molecule has 0 saturated carbocycles. The van der Waals surface area contributed by atoms with Crippen LogP contribution in [0.3, 0.4) is 0 Å². The summed E-state index contributed by atoms with van der Waals surface area (Å²) >= 11 is 0. The molecule has 1 unspecified atom stereocenters. The zero-order valence-electron chi connectivity index (χ0n) is 10.3. The molecular formula is C11H20N4O. The van der Waals surface area contributed by atoms with Gasteiger partial charge in [-0.25, -0.2) is 4.98 Å². The van der Waals surface area contributed by atoms with Crippen LogP contribution in [0.15, 0.2) is 15.6 Å². The number of aromatic nitrogens is 1. The molecule has 1 heterocycles. The first-order valence-electron chi connectivity index (χ1n) is 5.47. The van der Waals surface area contributed by atoms with E-state index in [1.54, 1.807) is 6.20 Å². The molecule has 0 spiro atoms. The van der Waals surface area contributed by atoms with Crippen molar-refractivity contribution in [3.63, 3.8) is 0 Å². The normalized spacial score (nSPS) is 14.2. The monoisotopic (exact) mass is 224 g/mol. The Labute approximate surface area is 96.1 Å². The lowest BCUT2D eigenvalue weighted by atomic mass is 10.2. The number of guanidine groups is 1. The van der Waals surface area contributed by atoms with Crippen LogP contribution < -0.4 is 11.1 Å². The smallest absolute Gasteiger partial charge is 0.216 e. The van der Waals surface area contributed by atoms with Crippen molar-refractivity contribution >= 4 is 5.96 Å². The first-order valence-corrected chi connectivity index (χ1v) is 5.47. The summed E-state index contributed by atoms with van der Waals surface area (Å²) in [6.45, 7) is 8.70. The minimum atomic E-state index is -0.0652. The molecule has 0 saturated heterocycles. The Morgan fingerprint density at radius 2 is 2.25 bits per heavy atom. The molecular weight excluding hydrogens is 204 g/mol. The number of rotatable bonds is 4. The molecule has 0 radical (unpaired) electrons. The predicted octanol–water partition coefficient (Wildman–Crippen LogP) is 1.60. The van der Waals surface area contributed by atoms with Gasteiger partial charge in [-0.1, -0.05) is 13.8 Å². The van der Waals surface area contributed by atoms with E-state index < -0.39 is 0 Å². The summed E-state index contributed by atoms with van der Waals surface area (Å²) in [5, 5.41) is 3.04. The minimum absolute atomic E-state index is 0.0652. The van der Waals surface area contributed by atoms with Crippen molar-refractivity contribution in [1.29, 1.82) is 0 Å². The van der Waals surface area contributed by atoms with E-state index in [1.165, 1.54) is 0 Å². The second-order valence-electron chi connectivity index (χ2n) is 4.29. The third-order valence-electron chi connectivity index (χ3n) is 2.00. The quantitative estimate of drug-likeness (QED) is 0.601. The fourth-order valence-corrected chi connectivity index (χ4v) is 1.18. The second-order valence-corrected chi connectivity index (χ2v) is 4.29. The number of oxazole rings is 1. The van der Waals surface area contributed by atoms with E-state index in [1.807, 2.05) is 13.8 Å². The van der Waals surface area contributed by atoms with E-state index in [-0.39, 0.29) is 6.04 Å². The van der Waals surface area contributed by atoms with Crippen LogP contribution in [0.2, 0.25) is 0 Å². The number of nitrogens with zero attached hydrogens (tertiary/aromatic N) is 2. The number of nitrogens with two attached hydrogens (primary N) is 1. The molecule has 0 aliphatic carbocycles. The predicted molar refractivity (Wildman–Crippen MR) is 64.1 cm³/mol. The van der Waals surface area contributed by atoms with Crippen molar-refractivity contribution in [3.05, 3.63) is 17.8 Å². The number of hydrogen-bond donors (Lipinski definition) is 2. The van der Waals surface area contributed by atoms with Crippen LogP contribution >= 0.6 is 0 Å². The summed E-state index contributed by atoms with van der Waals surface area (Å²) < 4.78 is 5.39. The summed E-state index contributed by atoms with van der Waals surface area (Å²) in [4.78, 5) is 8.33. The molecule has 3 N–H and O–H groups in total. The van der Waals surface area contributed by atoms with Gasteiger partial charge in [-0.15, -0.1) is 0 Å². The van der Waals surface area contributed by atoms with Gasteiger partial charge in [0.25, 0.3) is 0 Å². The van der Waals surface area contributed by atoms with Crippen LogP contribution in [0.5, 0.6) is 0 Å². The molecule has 5 nitrogen and oxygen atoms in total. The van der Waals surface area contributed by atoms with Crippen molar-refractivity contribution < 1.29 is 4.42 Å². The van der Waals surface area contributed by atoms with Crippen molar-refractivity contribution in [2.24, 2.45) is 16.6 Å². The van der Waals surface area contributed by atoms with Gasteiger partial charge in [0.15, 0.2) is 5.96 Å². The van der Waals surface area contributed by atoms with E-state index >= 15 is 0 Å². The van der Waals surface area contributed by atoms with Crippen LogP contribution in [0.1, 0.15) is 38.5 Å². The van der Waals surface area contributed by atoms with Crippen molar-refractivity contribution in [2.45, 2.75) is 33.7 Å². The molecule has 0 amide bonds. The lowest BCUT2D eigenvalue weighted by molar-refractivity contribution is 0.428. The van der Waals surface area contributed by atoms with E-state index in [0.717, 1.165) is 12.3 Å². The molecule has 0 aliphatic rings. The Hall–Kier alpha value is -1.52. The average molecular weight is 224 g/mol. The Morgan fingerprint density at radius 3 is 2.75 bits per heavy atom. The highest BCUT2D eigenvalue weighted by atomic mass is 16.4. The fraction of sp³-hybridized carbons (Fsp3) is 0.636.